The number of nitrogens with zero attached hydrogens (tertiary/aromatic N) is 2. The van der Waals surface area contributed by atoms with Crippen LogP contribution in [0.3, 0.4) is 0 Å². The van der Waals surface area contributed by atoms with E-state index in [4.69, 9.17) is 4.74 Å². The second kappa shape index (κ2) is 9.39. The van der Waals surface area contributed by atoms with Gasteiger partial charge in [0.1, 0.15) is 6.54 Å². The molecule has 2 aromatic rings. The summed E-state index contributed by atoms with van der Waals surface area (Å²) in [7, 11) is 0. The lowest BCUT2D eigenvalue weighted by molar-refractivity contribution is -0.142. The minimum atomic E-state index is -0.435. The first kappa shape index (κ1) is 21.8. The van der Waals surface area contributed by atoms with Gasteiger partial charge in [-0.2, -0.15) is 0 Å². The quantitative estimate of drug-likeness (QED) is 0.679. The molecule has 0 saturated carbocycles. The Morgan fingerprint density at radius 3 is 2.44 bits per heavy atom. The molecule has 2 heterocycles. The van der Waals surface area contributed by atoms with Crippen molar-refractivity contribution in [1.29, 1.82) is 0 Å². The first-order valence-electron chi connectivity index (χ1n) is 11.1. The van der Waals surface area contributed by atoms with Crippen LogP contribution in [0.1, 0.15) is 42.9 Å². The molecule has 2 amide bonds. The van der Waals surface area contributed by atoms with E-state index in [1.807, 2.05) is 48.5 Å². The molecule has 0 spiro atoms. The molecule has 32 heavy (non-hydrogen) atoms. The van der Waals surface area contributed by atoms with Gasteiger partial charge in [-0.15, -0.1) is 0 Å². The van der Waals surface area contributed by atoms with E-state index in [1.54, 1.807) is 18.7 Å². The van der Waals surface area contributed by atoms with Crippen LogP contribution >= 0.6 is 0 Å². The zero-order valence-corrected chi connectivity index (χ0v) is 18.5. The molecular formula is C26H28N2O4. The predicted molar refractivity (Wildman–Crippen MR) is 120 cm³/mol. The van der Waals surface area contributed by atoms with Gasteiger partial charge in [-0.25, -0.2) is 4.79 Å². The molecule has 0 fully saturated rings. The van der Waals surface area contributed by atoms with Crippen molar-refractivity contribution in [2.24, 2.45) is 0 Å². The van der Waals surface area contributed by atoms with Gasteiger partial charge >= 0.3 is 5.97 Å². The number of allylic oxidation sites excluding steroid dienone is 1. The van der Waals surface area contributed by atoms with Crippen LogP contribution in [0, 0.1) is 0 Å². The third-order valence-corrected chi connectivity index (χ3v) is 6.30. The maximum Gasteiger partial charge on any atom is 0.336 e. The molecule has 6 heteroatoms. The SMILES string of the molecule is CCOC(=O)C1=C(C)N(CC(=O)N2CCc3ccccc3C2)C(=O)CC1c1ccccc1. The van der Waals surface area contributed by atoms with Crippen molar-refractivity contribution >= 4 is 17.8 Å². The zero-order valence-electron chi connectivity index (χ0n) is 18.5. The molecule has 166 valence electrons. The molecule has 0 aliphatic carbocycles. The Balaban J connectivity index is 1.59. The average Bonchev–Trinajstić information content (AvgIpc) is 2.81. The number of rotatable bonds is 5. The molecule has 1 unspecified atom stereocenters. The third-order valence-electron chi connectivity index (χ3n) is 6.30. The molecule has 0 radical (unpaired) electrons. The highest BCUT2D eigenvalue weighted by molar-refractivity contribution is 5.97. The molecule has 0 N–H and O–H groups in total. The summed E-state index contributed by atoms with van der Waals surface area (Å²) >= 11 is 0. The zero-order chi connectivity index (χ0) is 22.7. The summed E-state index contributed by atoms with van der Waals surface area (Å²) in [5.74, 6) is -1.09. The molecule has 2 aliphatic rings. The fraction of sp³-hybridized carbons (Fsp3) is 0.346. The first-order chi connectivity index (χ1) is 15.5. The van der Waals surface area contributed by atoms with Crippen LogP contribution < -0.4 is 0 Å². The van der Waals surface area contributed by atoms with Crippen LogP contribution in [-0.2, 0) is 32.1 Å². The highest BCUT2D eigenvalue weighted by Crippen LogP contribution is 2.37. The molecule has 6 nitrogen and oxygen atoms in total. The minimum absolute atomic E-state index is 0.0722. The number of carbonyl (C=O) groups is 3. The Morgan fingerprint density at radius 1 is 1.03 bits per heavy atom. The number of amides is 2. The summed E-state index contributed by atoms with van der Waals surface area (Å²) in [6.45, 7) is 4.83. The Kier molecular flexibility index (Phi) is 6.40. The van der Waals surface area contributed by atoms with Gasteiger partial charge in [0.15, 0.2) is 0 Å². The van der Waals surface area contributed by atoms with Crippen LogP contribution in [0.25, 0.3) is 0 Å². The second-order valence-electron chi connectivity index (χ2n) is 8.20. The number of esters is 1. The highest BCUT2D eigenvalue weighted by Gasteiger charge is 2.38. The molecule has 0 aromatic heterocycles. The number of carbonyl (C=O) groups excluding carboxylic acids is 3. The minimum Gasteiger partial charge on any atom is -0.463 e. The highest BCUT2D eigenvalue weighted by atomic mass is 16.5. The van der Waals surface area contributed by atoms with E-state index in [2.05, 4.69) is 6.07 Å². The lowest BCUT2D eigenvalue weighted by atomic mass is 9.83. The van der Waals surface area contributed by atoms with Crippen LogP contribution in [0.4, 0.5) is 0 Å². The summed E-state index contributed by atoms with van der Waals surface area (Å²) < 4.78 is 5.32. The summed E-state index contributed by atoms with van der Waals surface area (Å²) in [5.41, 5.74) is 4.24. The van der Waals surface area contributed by atoms with Gasteiger partial charge in [0.05, 0.1) is 12.2 Å². The first-order valence-corrected chi connectivity index (χ1v) is 11.1. The van der Waals surface area contributed by atoms with Crippen molar-refractivity contribution in [1.82, 2.24) is 9.80 Å². The number of hydrogen-bond acceptors (Lipinski definition) is 4. The maximum atomic E-state index is 13.1. The smallest absolute Gasteiger partial charge is 0.336 e. The summed E-state index contributed by atoms with van der Waals surface area (Å²) in [6.07, 6.45) is 0.931. The topological polar surface area (TPSA) is 66.9 Å². The summed E-state index contributed by atoms with van der Waals surface area (Å²) in [4.78, 5) is 42.3. The standard InChI is InChI=1S/C26H28N2O4/c1-3-32-26(31)25-18(2)28(23(29)15-22(25)20-10-5-4-6-11-20)17-24(30)27-14-13-19-9-7-8-12-21(19)16-27/h4-12,22H,3,13-17H2,1-2H3. The fourth-order valence-electron chi connectivity index (χ4n) is 4.59. The molecular weight excluding hydrogens is 404 g/mol. The van der Waals surface area contributed by atoms with Crippen molar-refractivity contribution in [3.63, 3.8) is 0 Å². The molecule has 2 aromatic carbocycles. The molecule has 4 rings (SSSR count). The number of hydrogen-bond donors (Lipinski definition) is 0. The normalized spacial score (nSPS) is 18.4. The Labute approximate surface area is 188 Å². The van der Waals surface area contributed by atoms with Crippen molar-refractivity contribution < 1.29 is 19.1 Å². The van der Waals surface area contributed by atoms with E-state index in [-0.39, 0.29) is 37.3 Å². The maximum absolute atomic E-state index is 13.1. The van der Waals surface area contributed by atoms with E-state index < -0.39 is 5.97 Å². The van der Waals surface area contributed by atoms with Gasteiger partial charge in [-0.1, -0.05) is 54.6 Å². The van der Waals surface area contributed by atoms with Crippen LogP contribution in [-0.4, -0.2) is 47.3 Å². The number of ether oxygens (including phenoxy) is 1. The van der Waals surface area contributed by atoms with E-state index in [0.29, 0.717) is 24.4 Å². The Morgan fingerprint density at radius 2 is 1.72 bits per heavy atom. The van der Waals surface area contributed by atoms with E-state index in [0.717, 1.165) is 17.5 Å². The predicted octanol–water partition coefficient (Wildman–Crippen LogP) is 3.42. The van der Waals surface area contributed by atoms with Gasteiger partial charge in [-0.05, 0) is 37.0 Å². The number of fused-ring (bicyclic) bond motifs is 1. The van der Waals surface area contributed by atoms with Crippen molar-refractivity contribution in [3.8, 4) is 0 Å². The lowest BCUT2D eigenvalue weighted by Gasteiger charge is -2.36. The van der Waals surface area contributed by atoms with Crippen LogP contribution in [0.5, 0.6) is 0 Å². The van der Waals surface area contributed by atoms with Crippen molar-refractivity contribution in [3.05, 3.63) is 82.6 Å². The monoisotopic (exact) mass is 432 g/mol. The second-order valence-corrected chi connectivity index (χ2v) is 8.20. The molecule has 0 saturated heterocycles. The largest absolute Gasteiger partial charge is 0.463 e. The van der Waals surface area contributed by atoms with Gasteiger partial charge in [0, 0.05) is 31.1 Å². The van der Waals surface area contributed by atoms with E-state index >= 15 is 0 Å². The van der Waals surface area contributed by atoms with Crippen molar-refractivity contribution in [2.75, 3.05) is 19.7 Å². The van der Waals surface area contributed by atoms with Gasteiger partial charge in [0.2, 0.25) is 11.8 Å². The van der Waals surface area contributed by atoms with Crippen molar-refractivity contribution in [2.45, 2.75) is 39.2 Å². The summed E-state index contributed by atoms with van der Waals surface area (Å²) in [5, 5.41) is 0. The van der Waals surface area contributed by atoms with Gasteiger partial charge < -0.3 is 14.5 Å². The van der Waals surface area contributed by atoms with E-state index in [1.165, 1.54) is 10.5 Å². The van der Waals surface area contributed by atoms with Crippen LogP contribution in [0.15, 0.2) is 65.9 Å². The van der Waals surface area contributed by atoms with Gasteiger partial charge in [0.25, 0.3) is 0 Å². The molecule has 2 aliphatic heterocycles. The summed E-state index contributed by atoms with van der Waals surface area (Å²) in [6, 6.07) is 17.6. The van der Waals surface area contributed by atoms with Crippen LogP contribution in [0.2, 0.25) is 0 Å². The Bertz CT molecular complexity index is 1060. The molecule has 0 bridgehead atoms. The lowest BCUT2D eigenvalue weighted by Crippen LogP contribution is -2.46. The fourth-order valence-corrected chi connectivity index (χ4v) is 4.59. The Hall–Kier alpha value is -3.41. The third kappa shape index (κ3) is 4.31. The van der Waals surface area contributed by atoms with E-state index in [9.17, 15) is 14.4 Å². The number of benzene rings is 2. The molecule has 1 atom stereocenters. The van der Waals surface area contributed by atoms with Gasteiger partial charge in [-0.3, -0.25) is 9.59 Å². The average molecular weight is 433 g/mol.